The molecule has 3 heterocycles. The lowest BCUT2D eigenvalue weighted by Gasteiger charge is -2.41. The van der Waals surface area contributed by atoms with Gasteiger partial charge in [-0.25, -0.2) is 0 Å². The summed E-state index contributed by atoms with van der Waals surface area (Å²) in [6, 6.07) is 11.9. The van der Waals surface area contributed by atoms with Crippen molar-refractivity contribution in [3.05, 3.63) is 57.8 Å². The molecule has 4 rings (SSSR count). The Labute approximate surface area is 207 Å². The summed E-state index contributed by atoms with van der Waals surface area (Å²) in [6.45, 7) is 5.98. The Kier molecular flexibility index (Phi) is 8.75. The molecule has 2 amide bonds. The van der Waals surface area contributed by atoms with Crippen molar-refractivity contribution in [3.63, 3.8) is 0 Å². The zero-order chi connectivity index (χ0) is 23.9. The van der Waals surface area contributed by atoms with Crippen molar-refractivity contribution in [1.82, 2.24) is 15.1 Å². The van der Waals surface area contributed by atoms with E-state index in [1.807, 2.05) is 46.7 Å². The summed E-state index contributed by atoms with van der Waals surface area (Å²) in [6.07, 6.45) is 6.02. The average Bonchev–Trinajstić information content (AvgIpc) is 3.40. The number of rotatable bonds is 10. The Morgan fingerprint density at radius 3 is 2.79 bits per heavy atom. The number of methoxy groups -OCH3 is 1. The summed E-state index contributed by atoms with van der Waals surface area (Å²) in [4.78, 5) is 32.5. The molecule has 0 spiro atoms. The van der Waals surface area contributed by atoms with E-state index in [9.17, 15) is 9.59 Å². The van der Waals surface area contributed by atoms with E-state index in [4.69, 9.17) is 4.74 Å². The van der Waals surface area contributed by atoms with E-state index in [0.29, 0.717) is 31.3 Å². The fourth-order valence-corrected chi connectivity index (χ4v) is 6.38. The number of hydrogen-bond acceptors (Lipinski definition) is 5. The van der Waals surface area contributed by atoms with Gasteiger partial charge in [-0.15, -0.1) is 11.3 Å². The molecule has 0 saturated carbocycles. The second kappa shape index (κ2) is 12.0. The van der Waals surface area contributed by atoms with E-state index in [2.05, 4.69) is 17.1 Å². The Bertz CT molecular complexity index is 948. The first-order chi connectivity index (χ1) is 16.7. The average molecular weight is 484 g/mol. The Balaban J connectivity index is 1.51. The quantitative estimate of drug-likeness (QED) is 0.508. The van der Waals surface area contributed by atoms with Crippen LogP contribution >= 0.6 is 11.3 Å². The number of carbonyl (C=O) groups is 2. The highest BCUT2D eigenvalue weighted by atomic mass is 32.1. The highest BCUT2D eigenvalue weighted by Crippen LogP contribution is 2.44. The number of nitrogens with one attached hydrogen (secondary N) is 1. The molecule has 0 bridgehead atoms. The molecule has 34 heavy (non-hydrogen) atoms. The van der Waals surface area contributed by atoms with Gasteiger partial charge in [-0.2, -0.15) is 0 Å². The Hall–Kier alpha value is -2.22. The molecular formula is C27H37N3O3S. The molecule has 0 unspecified atom stereocenters. The summed E-state index contributed by atoms with van der Waals surface area (Å²) >= 11 is 1.59. The second-order valence-electron chi connectivity index (χ2n) is 9.25. The predicted octanol–water partition coefficient (Wildman–Crippen LogP) is 4.45. The highest BCUT2D eigenvalue weighted by Gasteiger charge is 2.44. The maximum absolute atomic E-state index is 13.7. The molecule has 2 aliphatic heterocycles. The maximum atomic E-state index is 13.7. The lowest BCUT2D eigenvalue weighted by molar-refractivity contribution is -0.124. The van der Waals surface area contributed by atoms with Gasteiger partial charge in [-0.05, 0) is 55.3 Å². The molecule has 2 aliphatic rings. The smallest absolute Gasteiger partial charge is 0.254 e. The molecule has 1 saturated heterocycles. The van der Waals surface area contributed by atoms with E-state index < -0.39 is 5.92 Å². The number of benzene rings is 1. The van der Waals surface area contributed by atoms with Crippen molar-refractivity contribution in [2.75, 3.05) is 39.9 Å². The molecule has 7 heteroatoms. The molecule has 1 aromatic carbocycles. The molecular weight excluding hydrogens is 446 g/mol. The minimum absolute atomic E-state index is 0.00791. The van der Waals surface area contributed by atoms with Crippen LogP contribution in [0.5, 0.6) is 0 Å². The molecule has 0 radical (unpaired) electrons. The van der Waals surface area contributed by atoms with Gasteiger partial charge in [0.2, 0.25) is 5.91 Å². The molecule has 0 aliphatic carbocycles. The number of ether oxygens (including phenoxy) is 1. The van der Waals surface area contributed by atoms with Crippen LogP contribution in [0.4, 0.5) is 0 Å². The number of thiophene rings is 1. The fraction of sp³-hybridized carbons (Fsp3) is 0.556. The topological polar surface area (TPSA) is 61.9 Å². The first-order valence-electron chi connectivity index (χ1n) is 12.6. The molecule has 1 fully saturated rings. The summed E-state index contributed by atoms with van der Waals surface area (Å²) in [7, 11) is 1.64. The van der Waals surface area contributed by atoms with Crippen LogP contribution in [-0.2, 0) is 9.53 Å². The van der Waals surface area contributed by atoms with E-state index >= 15 is 0 Å². The van der Waals surface area contributed by atoms with Crippen molar-refractivity contribution in [2.24, 2.45) is 0 Å². The first kappa shape index (κ1) is 24.9. The SMILES string of the molecule is CC[C@@H]1CCCCN1CCCNC(=O)[C@@H]1c2ccccc2C(=O)N(CCOC)[C@H]1c1cccs1. The van der Waals surface area contributed by atoms with Crippen LogP contribution in [-0.4, -0.2) is 67.6 Å². The van der Waals surface area contributed by atoms with Gasteiger partial charge in [0, 0.05) is 43.2 Å². The number of carbonyl (C=O) groups excluding carboxylic acids is 2. The third-order valence-electron chi connectivity index (χ3n) is 7.23. The lowest BCUT2D eigenvalue weighted by atomic mass is 9.81. The van der Waals surface area contributed by atoms with Gasteiger partial charge in [0.15, 0.2) is 0 Å². The van der Waals surface area contributed by atoms with E-state index in [-0.39, 0.29) is 17.9 Å². The Morgan fingerprint density at radius 1 is 1.18 bits per heavy atom. The van der Waals surface area contributed by atoms with Gasteiger partial charge in [0.1, 0.15) is 0 Å². The van der Waals surface area contributed by atoms with Gasteiger partial charge in [0.05, 0.1) is 18.6 Å². The van der Waals surface area contributed by atoms with Gasteiger partial charge < -0.3 is 19.9 Å². The molecule has 1 N–H and O–H groups in total. The summed E-state index contributed by atoms with van der Waals surface area (Å²) in [5, 5.41) is 5.23. The van der Waals surface area contributed by atoms with Crippen molar-refractivity contribution in [3.8, 4) is 0 Å². The third kappa shape index (κ3) is 5.37. The van der Waals surface area contributed by atoms with E-state index in [1.54, 1.807) is 18.4 Å². The highest BCUT2D eigenvalue weighted by molar-refractivity contribution is 7.10. The van der Waals surface area contributed by atoms with Crippen LogP contribution in [0.25, 0.3) is 0 Å². The molecule has 1 aromatic heterocycles. The summed E-state index contributed by atoms with van der Waals surface area (Å²) in [5.74, 6) is -0.486. The van der Waals surface area contributed by atoms with E-state index in [0.717, 1.165) is 23.4 Å². The van der Waals surface area contributed by atoms with E-state index in [1.165, 1.54) is 32.2 Å². The number of nitrogens with zero attached hydrogens (tertiary/aromatic N) is 2. The zero-order valence-corrected chi connectivity index (χ0v) is 21.2. The van der Waals surface area contributed by atoms with Gasteiger partial charge in [-0.3, -0.25) is 9.59 Å². The van der Waals surface area contributed by atoms with Crippen LogP contribution < -0.4 is 5.32 Å². The molecule has 184 valence electrons. The van der Waals surface area contributed by atoms with Crippen LogP contribution in [0.3, 0.4) is 0 Å². The number of piperidine rings is 1. The molecule has 2 aromatic rings. The van der Waals surface area contributed by atoms with Crippen LogP contribution in [0.1, 0.15) is 71.8 Å². The fourth-order valence-electron chi connectivity index (χ4n) is 5.51. The molecule has 3 atom stereocenters. The number of hydrogen-bond donors (Lipinski definition) is 1. The number of fused-ring (bicyclic) bond motifs is 1. The molecule has 6 nitrogen and oxygen atoms in total. The lowest BCUT2D eigenvalue weighted by Crippen LogP contribution is -2.48. The number of amides is 2. The normalized spacial score (nSPS) is 23.1. The van der Waals surface area contributed by atoms with Gasteiger partial charge >= 0.3 is 0 Å². The minimum atomic E-state index is -0.442. The van der Waals surface area contributed by atoms with Crippen LogP contribution in [0, 0.1) is 0 Å². The minimum Gasteiger partial charge on any atom is -0.383 e. The maximum Gasteiger partial charge on any atom is 0.254 e. The third-order valence-corrected chi connectivity index (χ3v) is 8.18. The summed E-state index contributed by atoms with van der Waals surface area (Å²) < 4.78 is 5.30. The van der Waals surface area contributed by atoms with Gasteiger partial charge in [0.25, 0.3) is 5.91 Å². The number of likely N-dealkylation sites (tertiary alicyclic amines) is 1. The van der Waals surface area contributed by atoms with Crippen molar-refractivity contribution >= 4 is 23.2 Å². The first-order valence-corrected chi connectivity index (χ1v) is 13.5. The standard InChI is InChI=1S/C27H37N3O3S/c1-3-20-10-6-7-15-29(20)16-9-14-28-26(31)24-21-11-4-5-12-22(21)27(32)30(17-18-33-2)25(24)23-13-8-19-34-23/h4-5,8,11-13,19-20,24-25H,3,6-7,9-10,14-18H2,1-2H3,(H,28,31)/t20-,24-,25+/m1/s1. The zero-order valence-electron chi connectivity index (χ0n) is 20.4. The monoisotopic (exact) mass is 483 g/mol. The van der Waals surface area contributed by atoms with Crippen molar-refractivity contribution in [2.45, 2.75) is 57.0 Å². The summed E-state index contributed by atoms with van der Waals surface area (Å²) in [5.41, 5.74) is 1.44. The Morgan fingerprint density at radius 2 is 2.03 bits per heavy atom. The second-order valence-corrected chi connectivity index (χ2v) is 10.2. The van der Waals surface area contributed by atoms with Crippen LogP contribution in [0.15, 0.2) is 41.8 Å². The van der Waals surface area contributed by atoms with Crippen LogP contribution in [0.2, 0.25) is 0 Å². The predicted molar refractivity (Wildman–Crippen MR) is 136 cm³/mol. The largest absolute Gasteiger partial charge is 0.383 e. The van der Waals surface area contributed by atoms with Crippen molar-refractivity contribution < 1.29 is 14.3 Å². The van der Waals surface area contributed by atoms with Gasteiger partial charge in [-0.1, -0.05) is 37.6 Å². The van der Waals surface area contributed by atoms with Crippen molar-refractivity contribution in [1.29, 1.82) is 0 Å².